The summed E-state index contributed by atoms with van der Waals surface area (Å²) < 4.78 is 487. The predicted molar refractivity (Wildman–Crippen MR) is 471 cm³/mol. The van der Waals surface area contributed by atoms with Gasteiger partial charge in [-0.1, -0.05) is 110 Å². The van der Waals surface area contributed by atoms with Gasteiger partial charge >= 0.3 is 23.9 Å². The number of carbonyl (C=O) groups is 4. The van der Waals surface area contributed by atoms with Gasteiger partial charge in [-0.05, 0) is 191 Å². The van der Waals surface area contributed by atoms with E-state index in [0.717, 1.165) is 59.4 Å². The third-order valence-electron chi connectivity index (χ3n) is 21.4. The summed E-state index contributed by atoms with van der Waals surface area (Å²) >= 11 is 0. The smallest absolute Gasteiger partial charge is 0.323 e. The Morgan fingerprint density at radius 2 is 0.550 bits per heavy atom. The van der Waals surface area contributed by atoms with Gasteiger partial charge in [0, 0.05) is 181 Å². The second kappa shape index (κ2) is 43.9. The number of methoxy groups -OCH3 is 8. The Morgan fingerprint density at radius 1 is 0.358 bits per heavy atom. The lowest BCUT2D eigenvalue weighted by atomic mass is 9.79. The minimum Gasteiger partial charge on any atom is -0.493 e. The molecule has 120 heavy (non-hydrogen) atoms. The van der Waals surface area contributed by atoms with Crippen LogP contribution in [0.15, 0.2) is 48.5 Å². The summed E-state index contributed by atoms with van der Waals surface area (Å²) in [4.78, 5) is 56.2. The van der Waals surface area contributed by atoms with E-state index in [9.17, 15) is 24.7 Å². The van der Waals surface area contributed by atoms with Crippen molar-refractivity contribution in [2.75, 3.05) is 109 Å². The second-order valence-corrected chi connectivity index (χ2v) is 31.3. The summed E-state index contributed by atoms with van der Waals surface area (Å²) in [6.07, 6.45) is -36.4. The van der Waals surface area contributed by atoms with Gasteiger partial charge < -0.3 is 79.8 Å². The van der Waals surface area contributed by atoms with Gasteiger partial charge in [0.25, 0.3) is 0 Å². The van der Waals surface area contributed by atoms with E-state index in [1.54, 1.807) is 55.4 Å². The number of benzene rings is 4. The Morgan fingerprint density at radius 3 is 0.725 bits per heavy atom. The highest BCUT2D eigenvalue weighted by atomic mass is 16.6. The summed E-state index contributed by atoms with van der Waals surface area (Å²) in [5.41, 5.74) is 23.4. The summed E-state index contributed by atoms with van der Waals surface area (Å²) in [6, 6.07) is 0.112. The number of piperidine rings is 4. The fourth-order valence-corrected chi connectivity index (χ4v) is 14.4. The van der Waals surface area contributed by atoms with E-state index in [4.69, 9.17) is 143 Å². The number of ether oxygens (including phenoxy) is 12. The van der Waals surface area contributed by atoms with E-state index in [-0.39, 0.29) is 79.0 Å². The molecule has 4 saturated heterocycles. The Hall–Kier alpha value is -7.16. The van der Waals surface area contributed by atoms with Crippen molar-refractivity contribution in [2.24, 2.45) is 93.9 Å². The lowest BCUT2D eigenvalue weighted by Crippen LogP contribution is -2.51. The van der Waals surface area contributed by atoms with Crippen LogP contribution in [0.3, 0.4) is 0 Å². The van der Waals surface area contributed by atoms with Gasteiger partial charge in [-0.15, -0.1) is 0 Å². The number of hydrogen-bond donors (Lipinski definition) is 4. The third-order valence-corrected chi connectivity index (χ3v) is 21.4. The molecule has 4 fully saturated rings. The summed E-state index contributed by atoms with van der Waals surface area (Å²) in [5, 5.41) is 0. The molecule has 8 N–H and O–H groups in total. The van der Waals surface area contributed by atoms with Crippen LogP contribution >= 0.6 is 0 Å². The molecule has 4 aromatic carbocycles. The molecular weight excluding hydrogens is 1520 g/mol. The van der Waals surface area contributed by atoms with Crippen molar-refractivity contribution in [1.82, 2.24) is 19.6 Å². The third kappa shape index (κ3) is 23.8. The molecule has 8 aliphatic heterocycles. The highest BCUT2D eigenvalue weighted by Gasteiger charge is 2.47. The predicted octanol–water partition coefficient (Wildman–Crippen LogP) is 14.3. The van der Waals surface area contributed by atoms with Crippen LogP contribution in [0.4, 0.5) is 0 Å². The lowest BCUT2D eigenvalue weighted by Gasteiger charge is -2.47. The number of nitrogens with zero attached hydrogens (tertiary/aromatic N) is 4. The number of carbonyl (C=O) groups excluding carboxylic acids is 4. The van der Waals surface area contributed by atoms with Crippen LogP contribution in [-0.4, -0.2) is 201 Å². The molecule has 0 radical (unpaired) electrons. The van der Waals surface area contributed by atoms with Crippen LogP contribution in [0.1, 0.15) is 299 Å². The molecule has 0 aromatic heterocycles. The second-order valence-electron chi connectivity index (χ2n) is 31.3. The van der Waals surface area contributed by atoms with Gasteiger partial charge in [0.1, 0.15) is 48.5 Å². The van der Waals surface area contributed by atoms with Gasteiger partial charge in [-0.3, -0.25) is 38.8 Å². The number of esters is 4. The van der Waals surface area contributed by atoms with Crippen molar-refractivity contribution in [3.05, 3.63) is 93.0 Å². The molecule has 16 unspecified atom stereocenters. The van der Waals surface area contributed by atoms with E-state index in [1.807, 2.05) is 0 Å². The monoisotopic (exact) mass is 1720 g/mol. The molecule has 8 heterocycles. The zero-order valence-electron chi connectivity index (χ0n) is 121. The molecule has 0 saturated carbocycles. The topological polar surface area (TPSA) is 296 Å². The van der Waals surface area contributed by atoms with Crippen molar-refractivity contribution in [3.63, 3.8) is 0 Å². The number of fused-ring (bicyclic) bond motifs is 12. The van der Waals surface area contributed by atoms with Crippen LogP contribution in [0.2, 0.25) is 0 Å². The summed E-state index contributed by atoms with van der Waals surface area (Å²) in [7, 11) is 1.85. The van der Waals surface area contributed by atoms with Crippen LogP contribution in [0, 0.1) is 70.9 Å². The number of nitrogens with two attached hydrogens (primary N) is 4. The maximum absolute atomic E-state index is 13.1. The van der Waals surface area contributed by atoms with Crippen molar-refractivity contribution in [2.45, 2.75) is 260 Å². The number of rotatable bonds is 28. The van der Waals surface area contributed by atoms with Crippen molar-refractivity contribution in [3.8, 4) is 46.0 Å². The first-order valence-corrected chi connectivity index (χ1v) is 39.3. The quantitative estimate of drug-likeness (QED) is 0.0303. The Kier molecular flexibility index (Phi) is 17.7. The Bertz CT molecular complexity index is 6000. The van der Waals surface area contributed by atoms with E-state index in [1.165, 1.54) is 79.1 Å². The maximum Gasteiger partial charge on any atom is 0.323 e. The van der Waals surface area contributed by atoms with Gasteiger partial charge in [0.2, 0.25) is 0 Å². The van der Waals surface area contributed by atoms with Gasteiger partial charge in [0.05, 0.1) is 70.4 Å². The minimum atomic E-state index is -3.23. The average molecular weight is 1720 g/mol. The number of aryl methyl sites for hydroxylation is 4. The fourth-order valence-electron chi connectivity index (χ4n) is 14.4. The molecule has 0 aliphatic carbocycles. The maximum atomic E-state index is 13.1. The lowest BCUT2D eigenvalue weighted by molar-refractivity contribution is -0.161. The van der Waals surface area contributed by atoms with E-state index >= 15 is 0 Å². The first-order chi connectivity index (χ1) is 76.0. The Labute approximate surface area is 789 Å². The van der Waals surface area contributed by atoms with Crippen LogP contribution in [0.5, 0.6) is 46.0 Å². The molecule has 12 rings (SSSR count). The molecule has 0 spiro atoms. The van der Waals surface area contributed by atoms with Crippen molar-refractivity contribution < 1.29 is 145 Å². The fraction of sp³-hybridized carbons (Fsp3) is 0.708. The van der Waals surface area contributed by atoms with Crippen molar-refractivity contribution >= 4 is 23.9 Å². The summed E-state index contributed by atoms with van der Waals surface area (Å²) in [6.45, 7) is -11.3. The molecular formula is C96H152N8O16. The standard InChI is InChI=1S/4C24H38N2O4/c4*1-14(2)9-17-13-26-8-7-16-10-21(28-5)22(29-6)11-18(16)19(26)12-20(17)30-24(27)23(25)15(3)4/h4*10-11,14-15,17,19-20,23H,7-9,12-13,25H2,1-6H3/t4*17?,19?,20?,23-/m0000/s1/i2*1D3,5D3,7D2,8D2,9D2,14D,20D;2*1D3,7D2,8D2,9D2,14D,20D/t4*14?,17?,19?,20?,23-. The molecule has 8 aliphatic rings. The molecule has 0 amide bonds. The zero-order chi connectivity index (χ0) is 132. The SMILES string of the molecule is [2H]C([2H])([2H])Oc1cc2c(cc1OC)C1CC([2H])(OC(=O)[C@@H](N)C(C)C)C(C([2H])([2H])C([2H])(C)C([2H])([2H])[2H])CN1C([2H])([2H])C2([2H])[2H].[2H]C([2H])([2H])Oc1cc2c(cc1OC)C1CC([2H])(OC(=O)[C@@H](N)C(C)C)C(C([2H])([2H])C([2H])(C)C([2H])([2H])[2H])CN1C([2H])([2H])C2([2H])[2H].[2H]C1(OC(=O)[C@@H](N)C(C)C)CC2c3cc(OC)c(OC)cc3C([2H])([2H])C([2H])([2H])N2CC1C([2H])([2H])C([2H])(C)C([2H])([2H])[2H].[2H]C1(OC(=O)[C@@H](N)C(C)C)CC2c3cc(OC)c(OC)cc3C([2H])([2H])C([2H])([2H])N2CC1C([2H])([2H])C([2H])(C)C([2H])([2H])[2H]. The molecule has 0 bridgehead atoms. The molecule has 4 aromatic rings. The average Bonchev–Trinajstić information content (AvgIpc) is 0.699. The van der Waals surface area contributed by atoms with E-state index in [2.05, 4.69) is 0 Å². The Balaban J connectivity index is 0.000000249. The largest absolute Gasteiger partial charge is 0.493 e. The zero-order valence-corrected chi connectivity index (χ0v) is 71.1. The molecule has 672 valence electrons. The normalized spacial score (nSPS) is 39.9. The summed E-state index contributed by atoms with van der Waals surface area (Å²) in [5.74, 6) is -25.7. The van der Waals surface area contributed by atoms with Gasteiger partial charge in [-0.2, -0.15) is 0 Å². The van der Waals surface area contributed by atoms with Crippen LogP contribution in [-0.2, 0) is 63.6 Å². The first-order valence-electron chi connectivity index (χ1n) is 64.3. The highest BCUT2D eigenvalue weighted by molar-refractivity contribution is 5.77. The highest BCUT2D eigenvalue weighted by Crippen LogP contribution is 2.50. The van der Waals surface area contributed by atoms with Crippen molar-refractivity contribution in [1.29, 1.82) is 0 Å². The van der Waals surface area contributed by atoms with Gasteiger partial charge in [-0.25, -0.2) is 0 Å². The van der Waals surface area contributed by atoms with E-state index in [0.29, 0.717) is 0 Å². The van der Waals surface area contributed by atoms with Crippen LogP contribution in [0.25, 0.3) is 0 Å². The van der Waals surface area contributed by atoms with Gasteiger partial charge in [0.15, 0.2) is 46.0 Å². The molecule has 24 nitrogen and oxygen atoms in total. The van der Waals surface area contributed by atoms with Crippen LogP contribution < -0.4 is 60.8 Å². The minimum absolute atomic E-state index is 0.0177. The first kappa shape index (κ1) is 48.4. The molecule has 20 atom stereocenters. The van der Waals surface area contributed by atoms with E-state index < -0.39 is 349 Å². The molecule has 24 heteroatoms. The number of hydrogen-bond acceptors (Lipinski definition) is 24.